The molecule has 5 heteroatoms. The summed E-state index contributed by atoms with van der Waals surface area (Å²) >= 11 is 1.90. The van der Waals surface area contributed by atoms with Crippen molar-refractivity contribution in [2.75, 3.05) is 4.81 Å². The van der Waals surface area contributed by atoms with Crippen LogP contribution in [0.2, 0.25) is 0 Å². The van der Waals surface area contributed by atoms with Crippen molar-refractivity contribution in [2.45, 2.75) is 64.7 Å². The maximum Gasteiger partial charge on any atom is 0.333 e. The van der Waals surface area contributed by atoms with Crippen LogP contribution in [-0.2, 0) is 16.2 Å². The minimum atomic E-state index is -0.188. The Labute approximate surface area is 405 Å². The molecule has 12 aromatic rings. The number of para-hydroxylation sites is 1. The van der Waals surface area contributed by atoms with Gasteiger partial charge in [0, 0.05) is 80.7 Å². The summed E-state index contributed by atoms with van der Waals surface area (Å²) in [7, 11) is 0. The third-order valence-corrected chi connectivity index (χ3v) is 18.2. The maximum absolute atomic E-state index is 7.42. The first kappa shape index (κ1) is 38.6. The highest BCUT2D eigenvalue weighted by atomic mass is 32.1. The summed E-state index contributed by atoms with van der Waals surface area (Å²) < 4.78 is 12.7. The molecule has 0 N–H and O–H groups in total. The second-order valence-electron chi connectivity index (χ2n) is 22.4. The molecule has 3 nitrogen and oxygen atoms in total. The summed E-state index contributed by atoms with van der Waals surface area (Å²) in [6, 6.07) is 60.8. The average molecular weight is 903 g/mol. The van der Waals surface area contributed by atoms with Crippen molar-refractivity contribution in [3.63, 3.8) is 0 Å². The minimum Gasteiger partial charge on any atom is -0.455 e. The van der Waals surface area contributed by atoms with Crippen molar-refractivity contribution >= 4 is 104 Å². The Morgan fingerprint density at radius 2 is 1.17 bits per heavy atom. The molecular formula is C64H47BN2OS. The molecule has 2 aliphatic heterocycles. The first-order chi connectivity index (χ1) is 33.4. The van der Waals surface area contributed by atoms with E-state index in [2.05, 4.69) is 216 Å². The van der Waals surface area contributed by atoms with E-state index in [9.17, 15) is 0 Å². The lowest BCUT2D eigenvalue weighted by Gasteiger charge is -2.43. The number of furan rings is 1. The van der Waals surface area contributed by atoms with Crippen LogP contribution in [0.3, 0.4) is 0 Å². The van der Waals surface area contributed by atoms with Crippen LogP contribution in [-0.4, -0.2) is 11.4 Å². The molecule has 0 fully saturated rings. The molecule has 0 unspecified atom stereocenters. The Bertz CT molecular complexity index is 4360. The van der Waals surface area contributed by atoms with Gasteiger partial charge in [0.25, 0.3) is 0 Å². The summed E-state index contributed by atoms with van der Waals surface area (Å²) in [6.07, 6.45) is 0. The van der Waals surface area contributed by atoms with Gasteiger partial charge in [0.1, 0.15) is 11.2 Å². The second-order valence-corrected chi connectivity index (χ2v) is 23.5. The second kappa shape index (κ2) is 12.5. The number of thiophene rings is 1. The van der Waals surface area contributed by atoms with Crippen molar-refractivity contribution in [3.05, 3.63) is 186 Å². The monoisotopic (exact) mass is 902 g/mol. The molecule has 5 heterocycles. The first-order valence-electron chi connectivity index (χ1n) is 24.6. The number of aromatic nitrogens is 1. The number of hydrogen-bond donors (Lipinski definition) is 0. The lowest BCUT2D eigenvalue weighted by molar-refractivity contribution is 0.590. The number of rotatable bonds is 1. The lowest BCUT2D eigenvalue weighted by Crippen LogP contribution is -2.60. The molecule has 0 radical (unpaired) electrons. The standard InChI is InChI=1S/C64H47BN2OS/c1-62(2,3)34-24-26-35(27-25-34)67-51-32-48-40(36-16-8-12-20-45(36)64(48,6)7)28-44(51)58-59-60-56(57-39-19-10-14-22-53(39)68-61(57)58)43-29-42-38-18-11-15-23-54(38)69-55(42)33-50(43)66(60)52-30-41-37-17-9-13-21-46(37)63(4,5)47(41)31-49(52)65(59)67/h8-33H,1-7H3. The van der Waals surface area contributed by atoms with Gasteiger partial charge in [-0.3, -0.25) is 0 Å². The number of hydrogen-bond acceptors (Lipinski definition) is 3. The maximum atomic E-state index is 7.42. The molecule has 0 saturated heterocycles. The zero-order chi connectivity index (χ0) is 46.2. The van der Waals surface area contributed by atoms with Gasteiger partial charge in [-0.2, -0.15) is 0 Å². The van der Waals surface area contributed by atoms with Crippen LogP contribution >= 0.6 is 11.3 Å². The first-order valence-corrected chi connectivity index (χ1v) is 25.4. The van der Waals surface area contributed by atoms with E-state index in [0.29, 0.717) is 0 Å². The van der Waals surface area contributed by atoms with Crippen LogP contribution in [0.1, 0.15) is 76.3 Å². The Morgan fingerprint density at radius 3 is 1.91 bits per heavy atom. The minimum absolute atomic E-state index is 0.0131. The van der Waals surface area contributed by atoms with E-state index in [-0.39, 0.29) is 23.1 Å². The smallest absolute Gasteiger partial charge is 0.333 e. The third-order valence-electron chi connectivity index (χ3n) is 17.1. The normalized spacial score (nSPS) is 15.6. The van der Waals surface area contributed by atoms with Gasteiger partial charge in [0.05, 0.1) is 11.0 Å². The SMILES string of the molecule is CC(C)(C)c1ccc(N2B3c4cc5c(cc4-n4c6cc7sc8ccccc8c7cc6c6c7c(oc8ccccc87)c(c3c64)-c3cc4c(cc32)C(C)(C)c2ccccc2-4)-c2ccccc2C5(C)C)cc1. The molecule has 328 valence electrons. The highest BCUT2D eigenvalue weighted by Gasteiger charge is 2.49. The molecule has 0 spiro atoms. The van der Waals surface area contributed by atoms with Gasteiger partial charge >= 0.3 is 6.85 Å². The van der Waals surface area contributed by atoms with Gasteiger partial charge in [-0.05, 0) is 121 Å². The van der Waals surface area contributed by atoms with Gasteiger partial charge in [-0.25, -0.2) is 0 Å². The summed E-state index contributed by atoms with van der Waals surface area (Å²) in [6.45, 7) is 16.5. The van der Waals surface area contributed by atoms with Crippen molar-refractivity contribution in [1.29, 1.82) is 0 Å². The lowest BCUT2D eigenvalue weighted by atomic mass is 9.43. The topological polar surface area (TPSA) is 21.3 Å². The molecule has 0 amide bonds. The zero-order valence-electron chi connectivity index (χ0n) is 39.8. The molecule has 0 atom stereocenters. The fourth-order valence-electron chi connectivity index (χ4n) is 13.8. The Hall–Kier alpha value is -7.34. The molecule has 16 rings (SSSR count). The van der Waals surface area contributed by atoms with Crippen molar-refractivity contribution in [1.82, 2.24) is 4.57 Å². The summed E-state index contributed by atoms with van der Waals surface area (Å²) in [5.74, 6) is 0. The van der Waals surface area contributed by atoms with E-state index < -0.39 is 0 Å². The van der Waals surface area contributed by atoms with Gasteiger partial charge in [-0.1, -0.05) is 152 Å². The van der Waals surface area contributed by atoms with Crippen LogP contribution in [0, 0.1) is 0 Å². The van der Waals surface area contributed by atoms with Crippen LogP contribution in [0.25, 0.3) is 103 Å². The van der Waals surface area contributed by atoms with E-state index in [1.165, 1.54) is 137 Å². The Morgan fingerprint density at radius 1 is 0.522 bits per heavy atom. The molecule has 0 saturated carbocycles. The number of benzene rings is 9. The average Bonchev–Trinajstić information content (AvgIpc) is 4.12. The number of nitrogens with zero attached hydrogens (tertiary/aromatic N) is 2. The molecule has 69 heavy (non-hydrogen) atoms. The van der Waals surface area contributed by atoms with Crippen LogP contribution < -0.4 is 15.7 Å². The van der Waals surface area contributed by atoms with E-state index in [0.717, 1.165) is 16.6 Å². The summed E-state index contributed by atoms with van der Waals surface area (Å²) in [5.41, 5.74) is 25.0. The van der Waals surface area contributed by atoms with Crippen LogP contribution in [0.5, 0.6) is 0 Å². The molecule has 3 aromatic heterocycles. The predicted molar refractivity (Wildman–Crippen MR) is 294 cm³/mol. The highest BCUT2D eigenvalue weighted by Crippen LogP contribution is 2.58. The third kappa shape index (κ3) is 4.62. The summed E-state index contributed by atoms with van der Waals surface area (Å²) in [4.78, 5) is 2.73. The van der Waals surface area contributed by atoms with Crippen LogP contribution in [0.4, 0.5) is 11.4 Å². The Kier molecular flexibility index (Phi) is 6.97. The number of fused-ring (bicyclic) bond motifs is 22. The van der Waals surface area contributed by atoms with Crippen LogP contribution in [0.15, 0.2) is 162 Å². The van der Waals surface area contributed by atoms with E-state index >= 15 is 0 Å². The molecular weight excluding hydrogens is 856 g/mol. The van der Waals surface area contributed by atoms with E-state index in [4.69, 9.17) is 4.42 Å². The van der Waals surface area contributed by atoms with Gasteiger partial charge in [0.2, 0.25) is 0 Å². The number of anilines is 2. The van der Waals surface area contributed by atoms with Gasteiger partial charge < -0.3 is 13.8 Å². The summed E-state index contributed by atoms with van der Waals surface area (Å²) in [5, 5.41) is 7.52. The quantitative estimate of drug-likeness (QED) is 0.153. The highest BCUT2D eigenvalue weighted by molar-refractivity contribution is 7.25. The predicted octanol–water partition coefficient (Wildman–Crippen LogP) is 16.2. The molecule has 2 aliphatic carbocycles. The van der Waals surface area contributed by atoms with Gasteiger partial charge in [0.15, 0.2) is 0 Å². The fourth-order valence-corrected chi connectivity index (χ4v) is 14.9. The van der Waals surface area contributed by atoms with Gasteiger partial charge in [-0.15, -0.1) is 11.3 Å². The Balaban J connectivity index is 1.15. The molecule has 0 bridgehead atoms. The van der Waals surface area contributed by atoms with E-state index in [1.807, 2.05) is 11.3 Å². The van der Waals surface area contributed by atoms with Crippen molar-refractivity contribution in [2.24, 2.45) is 0 Å². The van der Waals surface area contributed by atoms with Crippen molar-refractivity contribution in [3.8, 4) is 39.1 Å². The largest absolute Gasteiger partial charge is 0.455 e. The zero-order valence-corrected chi connectivity index (χ0v) is 40.6. The van der Waals surface area contributed by atoms with E-state index in [1.54, 1.807) is 0 Å². The fraction of sp³-hybridized carbons (Fsp3) is 0.156. The molecule has 4 aliphatic rings. The van der Waals surface area contributed by atoms with Crippen molar-refractivity contribution < 1.29 is 4.42 Å². The molecule has 9 aromatic carbocycles.